The van der Waals surface area contributed by atoms with E-state index in [1.165, 1.54) is 30.6 Å². The van der Waals surface area contributed by atoms with Gasteiger partial charge in [-0.25, -0.2) is 4.79 Å². The zero-order chi connectivity index (χ0) is 25.3. The number of hydrogen-bond donors (Lipinski definition) is 1. The van der Waals surface area contributed by atoms with Crippen molar-refractivity contribution < 1.29 is 24.2 Å². The normalized spacial score (nSPS) is 16.9. The molecule has 0 aromatic heterocycles. The zero-order valence-corrected chi connectivity index (χ0v) is 22.5. The van der Waals surface area contributed by atoms with E-state index >= 15 is 0 Å². The van der Waals surface area contributed by atoms with E-state index in [-0.39, 0.29) is 22.2 Å². The number of hydrogen-bond acceptors (Lipinski definition) is 6. The SMILES string of the molecule is CCCCCCCC(C)Oc1ccc(C=C2SC(=S)N(C(CC(C)C)C(=O)O)C2=O)cc1OC. The van der Waals surface area contributed by atoms with Gasteiger partial charge in [0, 0.05) is 0 Å². The van der Waals surface area contributed by atoms with Gasteiger partial charge in [-0.15, -0.1) is 0 Å². The number of carbonyl (C=O) groups excluding carboxylic acids is 1. The number of thiocarbonyl (C=S) groups is 1. The van der Waals surface area contributed by atoms with Gasteiger partial charge in [-0.1, -0.05) is 76.5 Å². The Morgan fingerprint density at radius 3 is 2.50 bits per heavy atom. The van der Waals surface area contributed by atoms with E-state index < -0.39 is 12.0 Å². The third kappa shape index (κ3) is 8.01. The molecule has 1 saturated heterocycles. The lowest BCUT2D eigenvalue weighted by Crippen LogP contribution is -2.44. The van der Waals surface area contributed by atoms with Crippen LogP contribution in [-0.4, -0.2) is 45.5 Å². The molecule has 8 heteroatoms. The summed E-state index contributed by atoms with van der Waals surface area (Å²) < 4.78 is 11.9. The number of ether oxygens (including phenoxy) is 2. The average Bonchev–Trinajstić information content (AvgIpc) is 3.05. The maximum absolute atomic E-state index is 13.0. The number of nitrogens with zero attached hydrogens (tertiary/aromatic N) is 1. The Morgan fingerprint density at radius 1 is 1.18 bits per heavy atom. The molecule has 2 atom stereocenters. The van der Waals surface area contributed by atoms with E-state index in [1.807, 2.05) is 32.0 Å². The first-order valence-electron chi connectivity index (χ1n) is 12.0. The van der Waals surface area contributed by atoms with Crippen LogP contribution in [0.1, 0.15) is 78.2 Å². The molecule has 188 valence electrons. The van der Waals surface area contributed by atoms with E-state index in [1.54, 1.807) is 13.2 Å². The minimum atomic E-state index is -1.05. The van der Waals surface area contributed by atoms with Crippen LogP contribution in [0.3, 0.4) is 0 Å². The molecule has 34 heavy (non-hydrogen) atoms. The minimum absolute atomic E-state index is 0.0755. The number of carbonyl (C=O) groups is 2. The van der Waals surface area contributed by atoms with Crippen molar-refractivity contribution in [3.63, 3.8) is 0 Å². The number of carboxylic acids is 1. The van der Waals surface area contributed by atoms with Crippen LogP contribution in [0, 0.1) is 5.92 Å². The quantitative estimate of drug-likeness (QED) is 0.174. The predicted octanol–water partition coefficient (Wildman–Crippen LogP) is 6.52. The molecule has 1 amide bonds. The van der Waals surface area contributed by atoms with Gasteiger partial charge in [0.25, 0.3) is 5.91 Å². The molecule has 2 rings (SSSR count). The van der Waals surface area contributed by atoms with Gasteiger partial charge in [0.15, 0.2) is 11.5 Å². The highest BCUT2D eigenvalue weighted by atomic mass is 32.2. The van der Waals surface area contributed by atoms with Gasteiger partial charge in [-0.3, -0.25) is 9.69 Å². The Morgan fingerprint density at radius 2 is 1.88 bits per heavy atom. The van der Waals surface area contributed by atoms with Crippen molar-refractivity contribution in [2.24, 2.45) is 5.92 Å². The first-order valence-corrected chi connectivity index (χ1v) is 13.2. The number of unbranched alkanes of at least 4 members (excludes halogenated alkanes) is 4. The molecule has 1 heterocycles. The van der Waals surface area contributed by atoms with Crippen LogP contribution in [0.25, 0.3) is 6.08 Å². The number of aliphatic carboxylic acids is 1. The summed E-state index contributed by atoms with van der Waals surface area (Å²) >= 11 is 6.48. The fraction of sp³-hybridized carbons (Fsp3) is 0.577. The Bertz CT molecular complexity index is 899. The first kappa shape index (κ1) is 28.2. The van der Waals surface area contributed by atoms with E-state index in [0.717, 1.165) is 30.2 Å². The summed E-state index contributed by atoms with van der Waals surface area (Å²) in [4.78, 5) is 26.4. The van der Waals surface area contributed by atoms with Crippen molar-refractivity contribution in [2.45, 2.75) is 84.8 Å². The summed E-state index contributed by atoms with van der Waals surface area (Å²) in [6.45, 7) is 8.12. The smallest absolute Gasteiger partial charge is 0.326 e. The van der Waals surface area contributed by atoms with Crippen molar-refractivity contribution >= 4 is 46.3 Å². The van der Waals surface area contributed by atoms with Crippen LogP contribution in [-0.2, 0) is 9.59 Å². The number of benzene rings is 1. The molecular formula is C26H37NO5S2. The lowest BCUT2D eigenvalue weighted by Gasteiger charge is -2.24. The van der Waals surface area contributed by atoms with E-state index in [2.05, 4.69) is 13.8 Å². The maximum Gasteiger partial charge on any atom is 0.326 e. The molecular weight excluding hydrogens is 470 g/mol. The highest BCUT2D eigenvalue weighted by Crippen LogP contribution is 2.37. The van der Waals surface area contributed by atoms with Gasteiger partial charge in [-0.05, 0) is 55.9 Å². The van der Waals surface area contributed by atoms with Crippen molar-refractivity contribution in [1.82, 2.24) is 4.90 Å². The number of thioether (sulfide) groups is 1. The summed E-state index contributed by atoms with van der Waals surface area (Å²) in [6, 6.07) is 4.56. The average molecular weight is 508 g/mol. The van der Waals surface area contributed by atoms with Crippen LogP contribution in [0.4, 0.5) is 0 Å². The fourth-order valence-electron chi connectivity index (χ4n) is 3.85. The first-order chi connectivity index (χ1) is 16.2. The number of methoxy groups -OCH3 is 1. The predicted molar refractivity (Wildman–Crippen MR) is 142 cm³/mol. The van der Waals surface area contributed by atoms with Crippen molar-refractivity contribution in [2.75, 3.05) is 7.11 Å². The second-order valence-corrected chi connectivity index (χ2v) is 10.8. The molecule has 1 aromatic rings. The van der Waals surface area contributed by atoms with Crippen molar-refractivity contribution in [3.8, 4) is 11.5 Å². The summed E-state index contributed by atoms with van der Waals surface area (Å²) in [6.07, 6.45) is 9.24. The molecule has 1 N–H and O–H groups in total. The molecule has 1 aliphatic rings. The van der Waals surface area contributed by atoms with E-state index in [4.69, 9.17) is 21.7 Å². The topological polar surface area (TPSA) is 76.1 Å². The largest absolute Gasteiger partial charge is 0.493 e. The Balaban J connectivity index is 2.11. The second-order valence-electron chi connectivity index (χ2n) is 9.08. The van der Waals surface area contributed by atoms with Crippen LogP contribution in [0.15, 0.2) is 23.1 Å². The molecule has 1 aromatic carbocycles. The van der Waals surface area contributed by atoms with Crippen LogP contribution < -0.4 is 9.47 Å². The third-order valence-corrected chi connectivity index (χ3v) is 6.97. The molecule has 1 fully saturated rings. The third-order valence-electron chi connectivity index (χ3n) is 5.64. The number of carboxylic acid groups (broad SMARTS) is 1. The molecule has 1 aliphatic heterocycles. The summed E-state index contributed by atoms with van der Waals surface area (Å²) in [7, 11) is 1.59. The van der Waals surface area contributed by atoms with Gasteiger partial charge in [0.2, 0.25) is 0 Å². The van der Waals surface area contributed by atoms with Gasteiger partial charge < -0.3 is 14.6 Å². The maximum atomic E-state index is 13.0. The Hall–Kier alpha value is -2.06. The molecule has 0 spiro atoms. The van der Waals surface area contributed by atoms with Gasteiger partial charge >= 0.3 is 5.97 Å². The summed E-state index contributed by atoms with van der Waals surface area (Å²) in [5, 5.41) is 9.64. The van der Waals surface area contributed by atoms with Gasteiger partial charge in [-0.2, -0.15) is 0 Å². The highest BCUT2D eigenvalue weighted by molar-refractivity contribution is 8.26. The lowest BCUT2D eigenvalue weighted by molar-refractivity contribution is -0.145. The molecule has 0 bridgehead atoms. The van der Waals surface area contributed by atoms with E-state index in [0.29, 0.717) is 22.8 Å². The zero-order valence-electron chi connectivity index (χ0n) is 20.8. The standard InChI is InChI=1S/C26H37NO5S2/c1-6-7-8-9-10-11-18(4)32-21-13-12-19(15-22(21)31-5)16-23-24(28)27(26(33)34-23)20(25(29)30)14-17(2)3/h12-13,15-18,20H,6-11,14H2,1-5H3,(H,29,30). The summed E-state index contributed by atoms with van der Waals surface area (Å²) in [5.41, 5.74) is 0.757. The van der Waals surface area contributed by atoms with Crippen LogP contribution in [0.5, 0.6) is 11.5 Å². The lowest BCUT2D eigenvalue weighted by atomic mass is 10.0. The Kier molecular flexibility index (Phi) is 11.4. The molecule has 0 radical (unpaired) electrons. The molecule has 2 unspecified atom stereocenters. The van der Waals surface area contributed by atoms with Crippen LogP contribution in [0.2, 0.25) is 0 Å². The monoisotopic (exact) mass is 507 g/mol. The van der Waals surface area contributed by atoms with Crippen molar-refractivity contribution in [1.29, 1.82) is 0 Å². The van der Waals surface area contributed by atoms with E-state index in [9.17, 15) is 14.7 Å². The van der Waals surface area contributed by atoms with Crippen LogP contribution >= 0.6 is 24.0 Å². The Labute approximate surface area is 213 Å². The molecule has 6 nitrogen and oxygen atoms in total. The summed E-state index contributed by atoms with van der Waals surface area (Å²) in [5.74, 6) is -0.0559. The van der Waals surface area contributed by atoms with Gasteiger partial charge in [0.1, 0.15) is 10.4 Å². The van der Waals surface area contributed by atoms with Crippen molar-refractivity contribution in [3.05, 3.63) is 28.7 Å². The fourth-order valence-corrected chi connectivity index (χ4v) is 5.20. The molecule has 0 saturated carbocycles. The number of amides is 1. The number of rotatable bonds is 14. The van der Waals surface area contributed by atoms with Gasteiger partial charge in [0.05, 0.1) is 18.1 Å². The highest BCUT2D eigenvalue weighted by Gasteiger charge is 2.40. The minimum Gasteiger partial charge on any atom is -0.493 e. The molecule has 0 aliphatic carbocycles. The second kappa shape index (κ2) is 13.7.